The molecule has 1 aliphatic carbocycles. The first kappa shape index (κ1) is 16.4. The van der Waals surface area contributed by atoms with E-state index < -0.39 is 9.93 Å². The zero-order valence-electron chi connectivity index (χ0n) is 12.6. The number of hydrogen-bond donors (Lipinski definition) is 1. The number of carbonyl (C=O) groups is 1. The maximum atomic E-state index is 12.0. The summed E-state index contributed by atoms with van der Waals surface area (Å²) in [6.07, 6.45) is 1.68. The Labute approximate surface area is 136 Å². The first-order valence-electron chi connectivity index (χ1n) is 7.21. The van der Waals surface area contributed by atoms with E-state index in [-0.39, 0.29) is 11.8 Å². The van der Waals surface area contributed by atoms with Gasteiger partial charge in [-0.05, 0) is 44.4 Å². The summed E-state index contributed by atoms with van der Waals surface area (Å²) in [5.74, 6) is 0.734. The Bertz CT molecular complexity index is 512. The summed E-state index contributed by atoms with van der Waals surface area (Å²) in [5, 5.41) is 2.84. The Morgan fingerprint density at radius 2 is 1.95 bits per heavy atom. The number of ether oxygens (including phenoxy) is 1. The molecule has 1 aromatic carbocycles. The standard InChI is InChI=1S/C16H21Cl2NO2/c1-4-9-19-14(20)15(2,3)21-12-7-5-11(6-8-12)13-10-16(13,17)18/h5-8,13H,4,9-10H2,1-3H3,(H,19,20). The van der Waals surface area contributed by atoms with Crippen molar-refractivity contribution in [3.8, 4) is 5.75 Å². The van der Waals surface area contributed by atoms with Crippen molar-refractivity contribution in [2.75, 3.05) is 6.54 Å². The van der Waals surface area contributed by atoms with Gasteiger partial charge in [0.15, 0.2) is 5.60 Å². The molecular formula is C16H21Cl2NO2. The Morgan fingerprint density at radius 3 is 2.43 bits per heavy atom. The van der Waals surface area contributed by atoms with Gasteiger partial charge < -0.3 is 10.1 Å². The lowest BCUT2D eigenvalue weighted by atomic mass is 10.1. The number of benzene rings is 1. The zero-order valence-corrected chi connectivity index (χ0v) is 14.1. The largest absolute Gasteiger partial charge is 0.478 e. The Balaban J connectivity index is 1.98. The second kappa shape index (κ2) is 6.05. The quantitative estimate of drug-likeness (QED) is 0.800. The van der Waals surface area contributed by atoms with Crippen LogP contribution >= 0.6 is 23.2 Å². The smallest absolute Gasteiger partial charge is 0.263 e. The third-order valence-corrected chi connectivity index (χ3v) is 4.40. The molecule has 1 fully saturated rings. The van der Waals surface area contributed by atoms with Gasteiger partial charge in [0, 0.05) is 12.5 Å². The van der Waals surface area contributed by atoms with Gasteiger partial charge in [-0.25, -0.2) is 0 Å². The fourth-order valence-corrected chi connectivity index (χ4v) is 2.70. The SMILES string of the molecule is CCCNC(=O)C(C)(C)Oc1ccc(C2CC2(Cl)Cl)cc1. The molecule has 0 bridgehead atoms. The molecule has 116 valence electrons. The molecule has 1 aliphatic rings. The highest BCUT2D eigenvalue weighted by Gasteiger charge is 2.52. The number of alkyl halides is 2. The van der Waals surface area contributed by atoms with Gasteiger partial charge in [0.1, 0.15) is 10.1 Å². The predicted molar refractivity (Wildman–Crippen MR) is 86.2 cm³/mol. The second-order valence-electron chi connectivity index (χ2n) is 5.96. The molecule has 1 atom stereocenters. The minimum atomic E-state index is -0.904. The molecule has 0 aliphatic heterocycles. The van der Waals surface area contributed by atoms with Crippen molar-refractivity contribution in [2.24, 2.45) is 0 Å². The van der Waals surface area contributed by atoms with E-state index in [2.05, 4.69) is 5.32 Å². The van der Waals surface area contributed by atoms with Crippen molar-refractivity contribution >= 4 is 29.1 Å². The lowest BCUT2D eigenvalue weighted by molar-refractivity contribution is -0.134. The van der Waals surface area contributed by atoms with Crippen LogP contribution in [0.5, 0.6) is 5.75 Å². The molecule has 1 aromatic rings. The van der Waals surface area contributed by atoms with Gasteiger partial charge in [-0.1, -0.05) is 19.1 Å². The maximum absolute atomic E-state index is 12.0. The molecule has 2 rings (SSSR count). The van der Waals surface area contributed by atoms with Gasteiger partial charge in [-0.2, -0.15) is 0 Å². The van der Waals surface area contributed by atoms with Crippen molar-refractivity contribution in [3.63, 3.8) is 0 Å². The number of rotatable bonds is 6. The topological polar surface area (TPSA) is 38.3 Å². The third kappa shape index (κ3) is 4.04. The van der Waals surface area contributed by atoms with Gasteiger partial charge in [0.05, 0.1) is 0 Å². The summed E-state index contributed by atoms with van der Waals surface area (Å²) >= 11 is 12.1. The molecule has 0 spiro atoms. The zero-order chi connectivity index (χ0) is 15.7. The summed E-state index contributed by atoms with van der Waals surface area (Å²) in [5.41, 5.74) is 0.194. The summed E-state index contributed by atoms with van der Waals surface area (Å²) in [6.45, 7) is 6.18. The molecule has 3 nitrogen and oxygen atoms in total. The Morgan fingerprint density at radius 1 is 1.38 bits per heavy atom. The summed E-state index contributed by atoms with van der Waals surface area (Å²) in [7, 11) is 0. The highest BCUT2D eigenvalue weighted by Crippen LogP contribution is 2.59. The van der Waals surface area contributed by atoms with Crippen molar-refractivity contribution in [3.05, 3.63) is 29.8 Å². The van der Waals surface area contributed by atoms with E-state index in [1.54, 1.807) is 13.8 Å². The van der Waals surface area contributed by atoms with Crippen LogP contribution in [0.4, 0.5) is 0 Å². The summed E-state index contributed by atoms with van der Waals surface area (Å²) < 4.78 is 5.17. The van der Waals surface area contributed by atoms with Gasteiger partial charge >= 0.3 is 0 Å². The number of hydrogen-bond acceptors (Lipinski definition) is 2. The van der Waals surface area contributed by atoms with Crippen LogP contribution < -0.4 is 10.1 Å². The van der Waals surface area contributed by atoms with Crippen LogP contribution in [0.15, 0.2) is 24.3 Å². The van der Waals surface area contributed by atoms with Gasteiger partial charge in [0.25, 0.3) is 5.91 Å². The van der Waals surface area contributed by atoms with Crippen LogP contribution in [0, 0.1) is 0 Å². The van der Waals surface area contributed by atoms with Crippen LogP contribution in [0.1, 0.15) is 45.1 Å². The molecule has 1 unspecified atom stereocenters. The van der Waals surface area contributed by atoms with Crippen LogP contribution in [0.3, 0.4) is 0 Å². The molecule has 5 heteroatoms. The monoisotopic (exact) mass is 329 g/mol. The fraction of sp³-hybridized carbons (Fsp3) is 0.562. The van der Waals surface area contributed by atoms with Crippen molar-refractivity contribution < 1.29 is 9.53 Å². The summed E-state index contributed by atoms with van der Waals surface area (Å²) in [6, 6.07) is 7.61. The average molecular weight is 330 g/mol. The number of nitrogens with one attached hydrogen (secondary N) is 1. The van der Waals surface area contributed by atoms with Gasteiger partial charge in [-0.3, -0.25) is 4.79 Å². The lowest BCUT2D eigenvalue weighted by Crippen LogP contribution is -2.46. The highest BCUT2D eigenvalue weighted by atomic mass is 35.5. The van der Waals surface area contributed by atoms with E-state index >= 15 is 0 Å². The molecule has 0 saturated heterocycles. The minimum absolute atomic E-state index is 0.115. The molecule has 0 aromatic heterocycles. The first-order chi connectivity index (χ1) is 9.76. The van der Waals surface area contributed by atoms with Crippen molar-refractivity contribution in [1.29, 1.82) is 0 Å². The number of amides is 1. The van der Waals surface area contributed by atoms with Crippen molar-refractivity contribution in [2.45, 2.75) is 49.5 Å². The van der Waals surface area contributed by atoms with Crippen LogP contribution in [0.2, 0.25) is 0 Å². The minimum Gasteiger partial charge on any atom is -0.478 e. The second-order valence-corrected chi connectivity index (χ2v) is 7.50. The van der Waals surface area contributed by atoms with E-state index in [0.717, 1.165) is 18.4 Å². The van der Waals surface area contributed by atoms with E-state index in [1.807, 2.05) is 31.2 Å². The molecule has 0 radical (unpaired) electrons. The van der Waals surface area contributed by atoms with Crippen LogP contribution in [0.25, 0.3) is 0 Å². The highest BCUT2D eigenvalue weighted by molar-refractivity contribution is 6.51. The summed E-state index contributed by atoms with van der Waals surface area (Å²) in [4.78, 5) is 12.0. The molecular weight excluding hydrogens is 309 g/mol. The normalized spacial score (nSPS) is 20.0. The average Bonchev–Trinajstić information content (AvgIpc) is 3.05. The molecule has 0 heterocycles. The van der Waals surface area contributed by atoms with Crippen molar-refractivity contribution in [1.82, 2.24) is 5.32 Å². The van der Waals surface area contributed by atoms with Crippen LogP contribution in [-0.4, -0.2) is 22.4 Å². The van der Waals surface area contributed by atoms with E-state index in [4.69, 9.17) is 27.9 Å². The Kier molecular flexibility index (Phi) is 4.74. The molecule has 21 heavy (non-hydrogen) atoms. The van der Waals surface area contributed by atoms with Crippen LogP contribution in [-0.2, 0) is 4.79 Å². The number of carbonyl (C=O) groups excluding carboxylic acids is 1. The number of halogens is 2. The predicted octanol–water partition coefficient (Wildman–Crippen LogP) is 4.03. The fourth-order valence-electron chi connectivity index (χ4n) is 2.14. The van der Waals surface area contributed by atoms with Gasteiger partial charge in [-0.15, -0.1) is 23.2 Å². The molecule has 1 N–H and O–H groups in total. The molecule has 1 amide bonds. The van der Waals surface area contributed by atoms with E-state index in [9.17, 15) is 4.79 Å². The molecule has 1 saturated carbocycles. The van der Waals surface area contributed by atoms with E-state index in [1.165, 1.54) is 0 Å². The van der Waals surface area contributed by atoms with Gasteiger partial charge in [0.2, 0.25) is 0 Å². The first-order valence-corrected chi connectivity index (χ1v) is 7.97. The van der Waals surface area contributed by atoms with E-state index in [0.29, 0.717) is 12.3 Å². The lowest BCUT2D eigenvalue weighted by Gasteiger charge is -2.25. The Hall–Kier alpha value is -0.930. The third-order valence-electron chi connectivity index (χ3n) is 3.56. The maximum Gasteiger partial charge on any atom is 0.263 e.